The minimum absolute atomic E-state index is 0.0391. The van der Waals surface area contributed by atoms with Crippen LogP contribution in [0.2, 0.25) is 0 Å². The van der Waals surface area contributed by atoms with Crippen LogP contribution in [0.3, 0.4) is 0 Å². The van der Waals surface area contributed by atoms with Crippen LogP contribution in [0.15, 0.2) is 47.4 Å². The number of anilines is 2. The Morgan fingerprint density at radius 2 is 1.57 bits per heavy atom. The second-order valence-corrected chi connectivity index (χ2v) is 9.83. The number of H-pyrrole nitrogens is 1. The molecular weight excluding hydrogens is 470 g/mol. The first kappa shape index (κ1) is 25.7. The van der Waals surface area contributed by atoms with Gasteiger partial charge in [-0.05, 0) is 61.7 Å². The highest BCUT2D eigenvalue weighted by Crippen LogP contribution is 2.25. The van der Waals surface area contributed by atoms with E-state index in [1.165, 1.54) is 38.3 Å². The van der Waals surface area contributed by atoms with E-state index in [0.29, 0.717) is 16.9 Å². The van der Waals surface area contributed by atoms with Crippen molar-refractivity contribution in [3.63, 3.8) is 0 Å². The number of aromatic nitrogens is 1. The standard InChI is InChI=1S/C25H27N3O6S/c1-14-7-6-8-15(2)23(14)28-35(32,33)19-11-9-18(10-12-19)26-21(30)13-20-22(25(31)34-5)16(3)24(27-20)17(4)29/h6-12,27-28H,13H2,1-5H3,(H,26,30). The average molecular weight is 498 g/mol. The van der Waals surface area contributed by atoms with Gasteiger partial charge in [-0.1, -0.05) is 18.2 Å². The molecule has 0 aliphatic rings. The molecule has 0 atom stereocenters. The number of ether oxygens (including phenoxy) is 1. The number of carbonyl (C=O) groups is 3. The van der Waals surface area contributed by atoms with E-state index in [2.05, 4.69) is 15.0 Å². The molecule has 3 rings (SSSR count). The molecule has 9 nitrogen and oxygen atoms in total. The van der Waals surface area contributed by atoms with Gasteiger partial charge < -0.3 is 15.0 Å². The number of aromatic amines is 1. The number of esters is 1. The normalized spacial score (nSPS) is 11.1. The number of hydrogen-bond donors (Lipinski definition) is 3. The summed E-state index contributed by atoms with van der Waals surface area (Å²) in [6.07, 6.45) is -0.216. The van der Waals surface area contributed by atoms with Gasteiger partial charge in [0.05, 0.1) is 35.4 Å². The first-order valence-corrected chi connectivity index (χ1v) is 12.2. The van der Waals surface area contributed by atoms with Crippen molar-refractivity contribution in [3.05, 3.63) is 76.1 Å². The van der Waals surface area contributed by atoms with E-state index in [1.54, 1.807) is 6.92 Å². The highest BCUT2D eigenvalue weighted by Gasteiger charge is 2.24. The Balaban J connectivity index is 1.76. The van der Waals surface area contributed by atoms with Crippen LogP contribution in [0.25, 0.3) is 0 Å². The lowest BCUT2D eigenvalue weighted by Gasteiger charge is -2.13. The lowest BCUT2D eigenvalue weighted by Crippen LogP contribution is -2.17. The third-order valence-corrected chi connectivity index (χ3v) is 6.94. The number of sulfonamides is 1. The molecule has 3 aromatic rings. The zero-order valence-corrected chi connectivity index (χ0v) is 20.9. The summed E-state index contributed by atoms with van der Waals surface area (Å²) in [5.74, 6) is -1.39. The van der Waals surface area contributed by atoms with E-state index >= 15 is 0 Å². The lowest BCUT2D eigenvalue weighted by atomic mass is 10.1. The second kappa shape index (κ2) is 10.1. The third-order valence-electron chi connectivity index (χ3n) is 5.57. The summed E-state index contributed by atoms with van der Waals surface area (Å²) in [7, 11) is -2.61. The largest absolute Gasteiger partial charge is 0.465 e. The molecule has 2 aromatic carbocycles. The smallest absolute Gasteiger partial charge is 0.339 e. The summed E-state index contributed by atoms with van der Waals surface area (Å²) in [4.78, 5) is 39.6. The fourth-order valence-corrected chi connectivity index (χ4v) is 4.98. The number of carbonyl (C=O) groups excluding carboxylic acids is 3. The van der Waals surface area contributed by atoms with E-state index in [1.807, 2.05) is 32.0 Å². The van der Waals surface area contributed by atoms with Crippen LogP contribution in [0.5, 0.6) is 0 Å². The summed E-state index contributed by atoms with van der Waals surface area (Å²) in [5, 5.41) is 2.67. The number of aryl methyl sites for hydroxylation is 2. The van der Waals surface area contributed by atoms with E-state index in [0.717, 1.165) is 11.1 Å². The Morgan fingerprint density at radius 3 is 2.11 bits per heavy atom. The third kappa shape index (κ3) is 5.60. The molecular formula is C25H27N3O6S. The monoisotopic (exact) mass is 497 g/mol. The van der Waals surface area contributed by atoms with Gasteiger partial charge in [0.2, 0.25) is 5.91 Å². The van der Waals surface area contributed by atoms with Crippen molar-refractivity contribution in [1.29, 1.82) is 0 Å². The second-order valence-electron chi connectivity index (χ2n) is 8.15. The fraction of sp³-hybridized carbons (Fsp3) is 0.240. The number of amides is 1. The molecule has 0 aliphatic carbocycles. The first-order valence-electron chi connectivity index (χ1n) is 10.7. The molecule has 0 radical (unpaired) electrons. The molecule has 184 valence electrons. The molecule has 0 aliphatic heterocycles. The van der Waals surface area contributed by atoms with Crippen LogP contribution in [-0.4, -0.2) is 38.2 Å². The van der Waals surface area contributed by atoms with Crippen molar-refractivity contribution in [1.82, 2.24) is 4.98 Å². The molecule has 0 saturated heterocycles. The van der Waals surface area contributed by atoms with Gasteiger partial charge in [0.25, 0.3) is 10.0 Å². The molecule has 1 aromatic heterocycles. The van der Waals surface area contributed by atoms with Gasteiger partial charge in [-0.2, -0.15) is 0 Å². The molecule has 0 bridgehead atoms. The van der Waals surface area contributed by atoms with Gasteiger partial charge in [0.15, 0.2) is 5.78 Å². The van der Waals surface area contributed by atoms with Gasteiger partial charge in [-0.3, -0.25) is 14.3 Å². The molecule has 0 unspecified atom stereocenters. The summed E-state index contributed by atoms with van der Waals surface area (Å²) < 4.78 is 33.1. The van der Waals surface area contributed by atoms with Gasteiger partial charge in [-0.15, -0.1) is 0 Å². The summed E-state index contributed by atoms with van der Waals surface area (Å²) in [6, 6.07) is 11.2. The highest BCUT2D eigenvalue weighted by atomic mass is 32.2. The Kier molecular flexibility index (Phi) is 7.45. The first-order chi connectivity index (χ1) is 16.4. The van der Waals surface area contributed by atoms with Crippen LogP contribution in [0.1, 0.15) is 50.2 Å². The van der Waals surface area contributed by atoms with Crippen molar-refractivity contribution in [2.75, 3.05) is 17.1 Å². The van der Waals surface area contributed by atoms with Crippen LogP contribution in [0.4, 0.5) is 11.4 Å². The van der Waals surface area contributed by atoms with Crippen LogP contribution < -0.4 is 10.0 Å². The molecule has 10 heteroatoms. The predicted molar refractivity (Wildman–Crippen MR) is 132 cm³/mol. The summed E-state index contributed by atoms with van der Waals surface area (Å²) in [5.41, 5.74) is 3.55. The van der Waals surface area contributed by atoms with Crippen LogP contribution >= 0.6 is 0 Å². The van der Waals surface area contributed by atoms with Crippen LogP contribution in [-0.2, 0) is 26.0 Å². The number of para-hydroxylation sites is 1. The summed E-state index contributed by atoms with van der Waals surface area (Å²) >= 11 is 0. The van der Waals surface area contributed by atoms with E-state index < -0.39 is 21.9 Å². The molecule has 0 saturated carbocycles. The molecule has 3 N–H and O–H groups in total. The van der Waals surface area contributed by atoms with Gasteiger partial charge in [0, 0.05) is 18.3 Å². The van der Waals surface area contributed by atoms with E-state index in [-0.39, 0.29) is 34.1 Å². The Morgan fingerprint density at radius 1 is 0.971 bits per heavy atom. The maximum Gasteiger partial charge on any atom is 0.339 e. The minimum Gasteiger partial charge on any atom is -0.465 e. The highest BCUT2D eigenvalue weighted by molar-refractivity contribution is 7.92. The number of nitrogens with one attached hydrogen (secondary N) is 3. The van der Waals surface area contributed by atoms with Crippen molar-refractivity contribution < 1.29 is 27.5 Å². The predicted octanol–water partition coefficient (Wildman–Crippen LogP) is 3.91. The Bertz CT molecular complexity index is 1390. The lowest BCUT2D eigenvalue weighted by molar-refractivity contribution is -0.115. The average Bonchev–Trinajstić information content (AvgIpc) is 3.12. The number of Topliss-reactive ketones (excluding diaryl/α,β-unsaturated/α-hetero) is 1. The van der Waals surface area contributed by atoms with Gasteiger partial charge in [-0.25, -0.2) is 13.2 Å². The minimum atomic E-state index is -3.83. The molecule has 1 heterocycles. The van der Waals surface area contributed by atoms with Crippen molar-refractivity contribution in [2.45, 2.75) is 39.0 Å². The quantitative estimate of drug-likeness (QED) is 0.319. The van der Waals surface area contributed by atoms with Crippen molar-refractivity contribution in [3.8, 4) is 0 Å². The number of benzene rings is 2. The zero-order valence-electron chi connectivity index (χ0n) is 20.1. The SMILES string of the molecule is COC(=O)c1c(CC(=O)Nc2ccc(S(=O)(=O)Nc3c(C)cccc3C)cc2)[nH]c(C(C)=O)c1C. The topological polar surface area (TPSA) is 134 Å². The molecule has 0 spiro atoms. The molecule has 0 fully saturated rings. The number of hydrogen-bond acceptors (Lipinski definition) is 6. The zero-order chi connectivity index (χ0) is 25.9. The number of ketones is 1. The maximum absolute atomic E-state index is 12.8. The van der Waals surface area contributed by atoms with E-state index in [9.17, 15) is 22.8 Å². The number of rotatable bonds is 8. The molecule has 35 heavy (non-hydrogen) atoms. The van der Waals surface area contributed by atoms with Gasteiger partial charge in [0.1, 0.15) is 0 Å². The van der Waals surface area contributed by atoms with Crippen molar-refractivity contribution >= 4 is 39.1 Å². The Labute approximate surface area is 203 Å². The fourth-order valence-electron chi connectivity index (χ4n) is 3.77. The Hall–Kier alpha value is -3.92. The van der Waals surface area contributed by atoms with Crippen molar-refractivity contribution in [2.24, 2.45) is 0 Å². The number of methoxy groups -OCH3 is 1. The summed E-state index contributed by atoms with van der Waals surface area (Å²) in [6.45, 7) is 6.60. The molecule has 1 amide bonds. The van der Waals surface area contributed by atoms with Crippen LogP contribution in [0, 0.1) is 20.8 Å². The maximum atomic E-state index is 12.8. The van der Waals surface area contributed by atoms with E-state index in [4.69, 9.17) is 4.74 Å². The van der Waals surface area contributed by atoms with Gasteiger partial charge >= 0.3 is 5.97 Å².